The fourth-order valence-electron chi connectivity index (χ4n) is 2.17. The molecule has 0 bridgehead atoms. The zero-order valence-electron chi connectivity index (χ0n) is 11.2. The van der Waals surface area contributed by atoms with E-state index in [0.29, 0.717) is 17.8 Å². The molecule has 0 aliphatic heterocycles. The molecule has 0 unspecified atom stereocenters. The summed E-state index contributed by atoms with van der Waals surface area (Å²) in [5.74, 6) is -0.370. The Hall–Kier alpha value is -1.87. The van der Waals surface area contributed by atoms with Gasteiger partial charge in [0.05, 0.1) is 6.61 Å². The summed E-state index contributed by atoms with van der Waals surface area (Å²) in [4.78, 5) is 1.99. The van der Waals surface area contributed by atoms with Crippen LogP contribution in [0.2, 0.25) is 0 Å². The molecule has 3 heteroatoms. The van der Waals surface area contributed by atoms with Gasteiger partial charge < -0.3 is 10.0 Å². The van der Waals surface area contributed by atoms with Gasteiger partial charge in [-0.1, -0.05) is 23.8 Å². The lowest BCUT2D eigenvalue weighted by Crippen LogP contribution is -2.18. The predicted molar refractivity (Wildman–Crippen MR) is 76.2 cm³/mol. The van der Waals surface area contributed by atoms with Crippen LogP contribution in [0.5, 0.6) is 0 Å². The van der Waals surface area contributed by atoms with Gasteiger partial charge in [0.2, 0.25) is 0 Å². The maximum Gasteiger partial charge on any atom is 0.130 e. The Morgan fingerprint density at radius 1 is 1.11 bits per heavy atom. The molecule has 0 spiro atoms. The van der Waals surface area contributed by atoms with E-state index in [1.54, 1.807) is 6.07 Å². The van der Waals surface area contributed by atoms with E-state index >= 15 is 0 Å². The van der Waals surface area contributed by atoms with Gasteiger partial charge in [0.25, 0.3) is 0 Å². The molecule has 0 aromatic heterocycles. The standard InChI is InChI=1S/C16H18FNO/c1-3-18(13-9-7-12(2)8-10-13)16-6-4-5-15(17)14(16)11-19/h4-10,19H,3,11H2,1-2H3. The molecule has 0 saturated heterocycles. The van der Waals surface area contributed by atoms with E-state index in [0.717, 1.165) is 5.69 Å². The first-order valence-corrected chi connectivity index (χ1v) is 6.39. The Morgan fingerprint density at radius 3 is 2.37 bits per heavy atom. The van der Waals surface area contributed by atoms with Crippen LogP contribution >= 0.6 is 0 Å². The third kappa shape index (κ3) is 2.76. The molecule has 2 nitrogen and oxygen atoms in total. The average molecular weight is 259 g/mol. The molecule has 100 valence electrons. The van der Waals surface area contributed by atoms with Gasteiger partial charge in [0, 0.05) is 23.5 Å². The number of hydrogen-bond acceptors (Lipinski definition) is 2. The van der Waals surface area contributed by atoms with Crippen molar-refractivity contribution < 1.29 is 9.50 Å². The number of anilines is 2. The molecule has 0 radical (unpaired) electrons. The highest BCUT2D eigenvalue weighted by atomic mass is 19.1. The number of rotatable bonds is 4. The molecular formula is C16H18FNO. The molecule has 1 N–H and O–H groups in total. The van der Waals surface area contributed by atoms with Crippen LogP contribution in [-0.2, 0) is 6.61 Å². The predicted octanol–water partition coefficient (Wildman–Crippen LogP) is 3.78. The average Bonchev–Trinajstić information content (AvgIpc) is 2.42. The summed E-state index contributed by atoms with van der Waals surface area (Å²) in [6, 6.07) is 12.9. The molecule has 0 fully saturated rings. The first-order valence-electron chi connectivity index (χ1n) is 6.39. The van der Waals surface area contributed by atoms with Crippen LogP contribution in [0.25, 0.3) is 0 Å². The summed E-state index contributed by atoms with van der Waals surface area (Å²) in [6.45, 7) is 4.44. The Bertz CT molecular complexity index is 551. The molecule has 0 heterocycles. The molecule has 0 atom stereocenters. The van der Waals surface area contributed by atoms with Crippen molar-refractivity contribution >= 4 is 11.4 Å². The Balaban J connectivity index is 2.48. The van der Waals surface area contributed by atoms with Crippen molar-refractivity contribution in [3.8, 4) is 0 Å². The third-order valence-corrected chi connectivity index (χ3v) is 3.20. The first-order chi connectivity index (χ1) is 9.17. The number of benzene rings is 2. The lowest BCUT2D eigenvalue weighted by Gasteiger charge is -2.25. The van der Waals surface area contributed by atoms with Crippen molar-refractivity contribution in [3.63, 3.8) is 0 Å². The van der Waals surface area contributed by atoms with Crippen LogP contribution in [0.1, 0.15) is 18.1 Å². The van der Waals surface area contributed by atoms with E-state index in [-0.39, 0.29) is 12.4 Å². The summed E-state index contributed by atoms with van der Waals surface area (Å²) in [5.41, 5.74) is 3.23. The number of halogens is 1. The second-order valence-electron chi connectivity index (χ2n) is 4.48. The van der Waals surface area contributed by atoms with E-state index in [9.17, 15) is 9.50 Å². The lowest BCUT2D eigenvalue weighted by molar-refractivity contribution is 0.276. The van der Waals surface area contributed by atoms with Crippen molar-refractivity contribution in [2.24, 2.45) is 0 Å². The van der Waals surface area contributed by atoms with Gasteiger partial charge in [0.15, 0.2) is 0 Å². The SMILES string of the molecule is CCN(c1ccc(C)cc1)c1cccc(F)c1CO. The second kappa shape index (κ2) is 5.85. The molecule has 2 rings (SSSR count). The van der Waals surface area contributed by atoms with E-state index in [1.165, 1.54) is 11.6 Å². The summed E-state index contributed by atoms with van der Waals surface area (Å²) in [6.07, 6.45) is 0. The van der Waals surface area contributed by atoms with Crippen molar-refractivity contribution in [1.82, 2.24) is 0 Å². The highest BCUT2D eigenvalue weighted by Gasteiger charge is 2.14. The van der Waals surface area contributed by atoms with Crippen LogP contribution in [0.4, 0.5) is 15.8 Å². The van der Waals surface area contributed by atoms with Crippen molar-refractivity contribution in [1.29, 1.82) is 0 Å². The highest BCUT2D eigenvalue weighted by molar-refractivity contribution is 5.66. The number of aryl methyl sites for hydroxylation is 1. The minimum atomic E-state index is -0.370. The van der Waals surface area contributed by atoms with Crippen LogP contribution in [0.15, 0.2) is 42.5 Å². The molecule has 0 amide bonds. The van der Waals surface area contributed by atoms with Crippen LogP contribution < -0.4 is 4.90 Å². The molecule has 0 aliphatic carbocycles. The maximum atomic E-state index is 13.7. The van der Waals surface area contributed by atoms with Gasteiger partial charge in [0.1, 0.15) is 5.82 Å². The minimum Gasteiger partial charge on any atom is -0.391 e. The van der Waals surface area contributed by atoms with E-state index in [2.05, 4.69) is 0 Å². The van der Waals surface area contributed by atoms with E-state index in [1.807, 2.05) is 49.1 Å². The fourth-order valence-corrected chi connectivity index (χ4v) is 2.17. The van der Waals surface area contributed by atoms with Crippen LogP contribution in [0.3, 0.4) is 0 Å². The minimum absolute atomic E-state index is 0.301. The molecule has 2 aromatic rings. The zero-order valence-corrected chi connectivity index (χ0v) is 11.2. The van der Waals surface area contributed by atoms with E-state index < -0.39 is 0 Å². The number of nitrogens with zero attached hydrogens (tertiary/aromatic N) is 1. The Kier molecular flexibility index (Phi) is 4.17. The fraction of sp³-hybridized carbons (Fsp3) is 0.250. The van der Waals surface area contributed by atoms with Crippen LogP contribution in [0, 0.1) is 12.7 Å². The molecule has 2 aromatic carbocycles. The number of aliphatic hydroxyl groups excluding tert-OH is 1. The molecule has 0 saturated carbocycles. The normalized spacial score (nSPS) is 10.5. The summed E-state index contributed by atoms with van der Waals surface area (Å²) in [7, 11) is 0. The smallest absolute Gasteiger partial charge is 0.130 e. The second-order valence-corrected chi connectivity index (χ2v) is 4.48. The van der Waals surface area contributed by atoms with Crippen LogP contribution in [-0.4, -0.2) is 11.7 Å². The van der Waals surface area contributed by atoms with Crippen molar-refractivity contribution in [3.05, 3.63) is 59.4 Å². The maximum absolute atomic E-state index is 13.7. The van der Waals surface area contributed by atoms with Gasteiger partial charge in [-0.05, 0) is 38.1 Å². The Labute approximate surface area is 113 Å². The summed E-state index contributed by atoms with van der Waals surface area (Å²) >= 11 is 0. The molecule has 0 aliphatic rings. The van der Waals surface area contributed by atoms with Crippen molar-refractivity contribution in [2.75, 3.05) is 11.4 Å². The highest BCUT2D eigenvalue weighted by Crippen LogP contribution is 2.30. The van der Waals surface area contributed by atoms with Gasteiger partial charge in [-0.15, -0.1) is 0 Å². The van der Waals surface area contributed by atoms with Crippen molar-refractivity contribution in [2.45, 2.75) is 20.5 Å². The van der Waals surface area contributed by atoms with Gasteiger partial charge in [-0.3, -0.25) is 0 Å². The quantitative estimate of drug-likeness (QED) is 0.903. The van der Waals surface area contributed by atoms with E-state index in [4.69, 9.17) is 0 Å². The number of aliphatic hydroxyl groups is 1. The van der Waals surface area contributed by atoms with Gasteiger partial charge in [-0.2, -0.15) is 0 Å². The van der Waals surface area contributed by atoms with Gasteiger partial charge in [-0.25, -0.2) is 4.39 Å². The summed E-state index contributed by atoms with van der Waals surface area (Å²) < 4.78 is 13.7. The lowest BCUT2D eigenvalue weighted by atomic mass is 10.1. The summed E-state index contributed by atoms with van der Waals surface area (Å²) in [5, 5.41) is 9.37. The monoisotopic (exact) mass is 259 g/mol. The zero-order chi connectivity index (χ0) is 13.8. The third-order valence-electron chi connectivity index (χ3n) is 3.20. The largest absolute Gasteiger partial charge is 0.391 e. The Morgan fingerprint density at radius 2 is 1.79 bits per heavy atom. The first kappa shape index (κ1) is 13.6. The topological polar surface area (TPSA) is 23.5 Å². The van der Waals surface area contributed by atoms with Gasteiger partial charge >= 0.3 is 0 Å². The molecular weight excluding hydrogens is 241 g/mol. The number of hydrogen-bond donors (Lipinski definition) is 1. The molecule has 19 heavy (non-hydrogen) atoms.